The highest BCUT2D eigenvalue weighted by Gasteiger charge is 2.39. The molecule has 2 amide bonds. The van der Waals surface area contributed by atoms with Crippen LogP contribution >= 0.6 is 0 Å². The van der Waals surface area contributed by atoms with Crippen LogP contribution in [0.4, 0.5) is 18.0 Å². The second kappa shape index (κ2) is 8.47. The molecule has 8 nitrogen and oxygen atoms in total. The van der Waals surface area contributed by atoms with Crippen LogP contribution in [-0.4, -0.2) is 55.9 Å². The summed E-state index contributed by atoms with van der Waals surface area (Å²) >= 11 is 0. The van der Waals surface area contributed by atoms with Crippen molar-refractivity contribution in [1.29, 1.82) is 0 Å². The van der Waals surface area contributed by atoms with E-state index in [1.807, 2.05) is 13.8 Å². The number of aryl methyl sites for hydroxylation is 2. The molecule has 0 N–H and O–H groups in total. The van der Waals surface area contributed by atoms with Crippen molar-refractivity contribution in [3.8, 4) is 11.6 Å². The molecule has 2 aliphatic heterocycles. The zero-order valence-electron chi connectivity index (χ0n) is 18.5. The lowest BCUT2D eigenvalue weighted by atomic mass is 10.0. The minimum absolute atomic E-state index is 0.0295. The summed E-state index contributed by atoms with van der Waals surface area (Å²) in [5.74, 6) is -0.823. The molecule has 1 unspecified atom stereocenters. The SMILES string of the molecule is Cc1cnc(C)n1-c1cc(OC2CN(C(=O)N3N=CCC3c3cc(F)cc(F)c3)C2)c(F)cn1. The maximum absolute atomic E-state index is 14.4. The van der Waals surface area contributed by atoms with Crippen LogP contribution in [0.2, 0.25) is 0 Å². The van der Waals surface area contributed by atoms with Gasteiger partial charge in [0.05, 0.1) is 25.3 Å². The standard InChI is InChI=1S/C23H21F3N6O2/c1-13-9-27-14(2)31(13)22-8-21(19(26)10-28-22)34-18-11-30(12-18)23(33)32-20(3-4-29-32)15-5-16(24)7-17(25)6-15/h4-10,18,20H,3,11-12H2,1-2H3. The van der Waals surface area contributed by atoms with Crippen molar-refractivity contribution in [2.45, 2.75) is 32.4 Å². The second-order valence-electron chi connectivity index (χ2n) is 8.28. The number of pyridine rings is 1. The average molecular weight is 470 g/mol. The number of aromatic nitrogens is 3. The fourth-order valence-electron chi connectivity index (χ4n) is 4.16. The van der Waals surface area contributed by atoms with Gasteiger partial charge >= 0.3 is 6.03 Å². The van der Waals surface area contributed by atoms with Crippen LogP contribution in [-0.2, 0) is 0 Å². The minimum atomic E-state index is -0.716. The highest BCUT2D eigenvalue weighted by molar-refractivity contribution is 5.79. The molecule has 4 heterocycles. The summed E-state index contributed by atoms with van der Waals surface area (Å²) in [6.07, 6.45) is 4.25. The van der Waals surface area contributed by atoms with Gasteiger partial charge in [0.1, 0.15) is 29.4 Å². The van der Waals surface area contributed by atoms with E-state index in [0.717, 1.165) is 18.0 Å². The Kier molecular flexibility index (Phi) is 5.46. The third kappa shape index (κ3) is 3.97. The minimum Gasteiger partial charge on any atom is -0.483 e. The maximum atomic E-state index is 14.4. The van der Waals surface area contributed by atoms with Crippen molar-refractivity contribution in [1.82, 2.24) is 24.4 Å². The Labute approximate surface area is 193 Å². The quantitative estimate of drug-likeness (QED) is 0.579. The fourth-order valence-corrected chi connectivity index (χ4v) is 4.16. The Balaban J connectivity index is 1.25. The zero-order chi connectivity index (χ0) is 24.0. The molecule has 0 saturated carbocycles. The second-order valence-corrected chi connectivity index (χ2v) is 8.28. The Morgan fingerprint density at radius 3 is 2.44 bits per heavy atom. The highest BCUT2D eigenvalue weighted by atomic mass is 19.1. The van der Waals surface area contributed by atoms with Crippen molar-refractivity contribution in [2.24, 2.45) is 5.10 Å². The highest BCUT2D eigenvalue weighted by Crippen LogP contribution is 2.32. The van der Waals surface area contributed by atoms with Gasteiger partial charge in [0.25, 0.3) is 0 Å². The molecule has 176 valence electrons. The van der Waals surface area contributed by atoms with Crippen molar-refractivity contribution < 1.29 is 22.7 Å². The molecule has 1 saturated heterocycles. The number of imidazole rings is 1. The molecule has 2 aromatic heterocycles. The number of carbonyl (C=O) groups excluding carboxylic acids is 1. The third-order valence-electron chi connectivity index (χ3n) is 5.86. The Morgan fingerprint density at radius 1 is 1.03 bits per heavy atom. The van der Waals surface area contributed by atoms with Gasteiger partial charge in [0.2, 0.25) is 0 Å². The number of urea groups is 1. The predicted molar refractivity (Wildman–Crippen MR) is 116 cm³/mol. The molecular weight excluding hydrogens is 449 g/mol. The Hall–Kier alpha value is -3.89. The smallest absolute Gasteiger partial charge is 0.341 e. The topological polar surface area (TPSA) is 75.8 Å². The van der Waals surface area contributed by atoms with Gasteiger partial charge in [-0.2, -0.15) is 5.10 Å². The lowest BCUT2D eigenvalue weighted by Gasteiger charge is -2.41. The van der Waals surface area contributed by atoms with Gasteiger partial charge in [-0.1, -0.05) is 0 Å². The molecule has 0 bridgehead atoms. The van der Waals surface area contributed by atoms with Crippen LogP contribution in [0.5, 0.6) is 5.75 Å². The van der Waals surface area contributed by atoms with Crippen molar-refractivity contribution in [3.63, 3.8) is 0 Å². The number of hydrazone groups is 1. The maximum Gasteiger partial charge on any atom is 0.341 e. The first-order valence-corrected chi connectivity index (χ1v) is 10.7. The van der Waals surface area contributed by atoms with E-state index in [4.69, 9.17) is 4.74 Å². The van der Waals surface area contributed by atoms with Crippen molar-refractivity contribution in [3.05, 3.63) is 71.2 Å². The largest absolute Gasteiger partial charge is 0.483 e. The van der Waals surface area contributed by atoms with Crippen molar-refractivity contribution in [2.75, 3.05) is 13.1 Å². The van der Waals surface area contributed by atoms with Crippen LogP contribution < -0.4 is 4.74 Å². The third-order valence-corrected chi connectivity index (χ3v) is 5.86. The van der Waals surface area contributed by atoms with Crippen LogP contribution in [0.1, 0.15) is 29.5 Å². The van der Waals surface area contributed by atoms with E-state index >= 15 is 0 Å². The number of hydrogen-bond donors (Lipinski definition) is 0. The summed E-state index contributed by atoms with van der Waals surface area (Å²) in [5.41, 5.74) is 1.18. The summed E-state index contributed by atoms with van der Waals surface area (Å²) in [7, 11) is 0. The number of amides is 2. The average Bonchev–Trinajstić information content (AvgIpc) is 3.37. The van der Waals surface area contributed by atoms with E-state index < -0.39 is 35.6 Å². The van der Waals surface area contributed by atoms with E-state index in [1.165, 1.54) is 34.3 Å². The van der Waals surface area contributed by atoms with Crippen LogP contribution in [0, 0.1) is 31.3 Å². The molecule has 11 heteroatoms. The van der Waals surface area contributed by atoms with E-state index in [2.05, 4.69) is 15.1 Å². The summed E-state index contributed by atoms with van der Waals surface area (Å²) < 4.78 is 49.2. The molecule has 1 atom stereocenters. The normalized spacial score (nSPS) is 17.9. The van der Waals surface area contributed by atoms with Gasteiger partial charge in [0.15, 0.2) is 11.6 Å². The van der Waals surface area contributed by atoms with E-state index in [0.29, 0.717) is 23.6 Å². The first-order valence-electron chi connectivity index (χ1n) is 10.7. The van der Waals surface area contributed by atoms with Crippen LogP contribution in [0.25, 0.3) is 5.82 Å². The molecule has 34 heavy (non-hydrogen) atoms. The number of nitrogens with zero attached hydrogens (tertiary/aromatic N) is 6. The number of likely N-dealkylation sites (tertiary alicyclic amines) is 1. The summed E-state index contributed by atoms with van der Waals surface area (Å²) in [5, 5.41) is 5.30. The summed E-state index contributed by atoms with van der Waals surface area (Å²) in [6, 6.07) is 3.66. The molecule has 0 spiro atoms. The number of benzene rings is 1. The lowest BCUT2D eigenvalue weighted by molar-refractivity contribution is 0.0256. The predicted octanol–water partition coefficient (Wildman–Crippen LogP) is 3.92. The number of hydrogen-bond acceptors (Lipinski definition) is 5. The van der Waals surface area contributed by atoms with E-state index in [1.54, 1.807) is 10.8 Å². The zero-order valence-corrected chi connectivity index (χ0v) is 18.5. The first kappa shape index (κ1) is 21.9. The summed E-state index contributed by atoms with van der Waals surface area (Å²) in [4.78, 5) is 22.8. The number of ether oxygens (including phenoxy) is 1. The van der Waals surface area contributed by atoms with Gasteiger partial charge in [-0.25, -0.2) is 32.9 Å². The van der Waals surface area contributed by atoms with Gasteiger partial charge in [-0.3, -0.25) is 4.57 Å². The van der Waals surface area contributed by atoms with Gasteiger partial charge < -0.3 is 9.64 Å². The van der Waals surface area contributed by atoms with Crippen LogP contribution in [0.15, 0.2) is 41.8 Å². The monoisotopic (exact) mass is 470 g/mol. The molecule has 1 fully saturated rings. The molecule has 0 aliphatic carbocycles. The number of carbonyl (C=O) groups is 1. The van der Waals surface area contributed by atoms with Crippen molar-refractivity contribution >= 4 is 12.2 Å². The molecule has 3 aromatic rings. The van der Waals surface area contributed by atoms with Gasteiger partial charge in [-0.15, -0.1) is 0 Å². The first-order chi connectivity index (χ1) is 16.3. The molecule has 2 aliphatic rings. The molecule has 0 radical (unpaired) electrons. The van der Waals surface area contributed by atoms with E-state index in [9.17, 15) is 18.0 Å². The number of halogens is 3. The van der Waals surface area contributed by atoms with Gasteiger partial charge in [0, 0.05) is 36.7 Å². The number of rotatable bonds is 4. The Morgan fingerprint density at radius 2 is 1.76 bits per heavy atom. The fraction of sp³-hybridized carbons (Fsp3) is 0.304. The van der Waals surface area contributed by atoms with Crippen LogP contribution in [0.3, 0.4) is 0 Å². The molecule has 1 aromatic carbocycles. The van der Waals surface area contributed by atoms with E-state index in [-0.39, 0.29) is 18.8 Å². The molecule has 5 rings (SSSR count). The Bertz CT molecular complexity index is 1250. The summed E-state index contributed by atoms with van der Waals surface area (Å²) in [6.45, 7) is 4.12. The molecular formula is C23H21F3N6O2. The lowest BCUT2D eigenvalue weighted by Crippen LogP contribution is -2.58. The van der Waals surface area contributed by atoms with Gasteiger partial charge in [-0.05, 0) is 31.5 Å².